The maximum Gasteiger partial charge on any atom is 0.265 e. The number of hydrogen-bond donors (Lipinski definition) is 2. The van der Waals surface area contributed by atoms with Crippen molar-refractivity contribution >= 4 is 44.9 Å². The molecular weight excluding hydrogens is 510 g/mol. The molecule has 0 aliphatic rings. The van der Waals surface area contributed by atoms with Gasteiger partial charge >= 0.3 is 0 Å². The summed E-state index contributed by atoms with van der Waals surface area (Å²) in [5.41, 5.74) is 4.37. The van der Waals surface area contributed by atoms with Crippen molar-refractivity contribution in [1.82, 2.24) is 19.9 Å². The first-order chi connectivity index (χ1) is 18.7. The summed E-state index contributed by atoms with van der Waals surface area (Å²) in [5.74, 6) is -0.615. The molecule has 5 rings (SSSR count). The van der Waals surface area contributed by atoms with E-state index in [1.807, 2.05) is 19.1 Å². The Morgan fingerprint density at radius 3 is 2.54 bits per heavy atom. The van der Waals surface area contributed by atoms with Crippen molar-refractivity contribution in [3.8, 4) is 17.3 Å². The van der Waals surface area contributed by atoms with Gasteiger partial charge in [0.25, 0.3) is 11.8 Å². The topological polar surface area (TPSA) is 134 Å². The minimum Gasteiger partial charge on any atom is -0.322 e. The molecule has 2 amide bonds. The summed E-state index contributed by atoms with van der Waals surface area (Å²) in [6.07, 6.45) is 6.38. The molecule has 0 atom stereocenters. The van der Waals surface area contributed by atoms with Gasteiger partial charge in [0, 0.05) is 34.9 Å². The molecule has 0 aliphatic carbocycles. The molecule has 0 fully saturated rings. The smallest absolute Gasteiger partial charge is 0.265 e. The normalized spacial score (nSPS) is 11.1. The van der Waals surface area contributed by atoms with Gasteiger partial charge in [-0.05, 0) is 62.2 Å². The molecule has 0 aliphatic heterocycles. The fraction of sp³-hybridized carbons (Fsp3) is 0.138. The summed E-state index contributed by atoms with van der Waals surface area (Å²) in [6.45, 7) is 5.48. The van der Waals surface area contributed by atoms with Crippen LogP contribution in [0, 0.1) is 18.3 Å². The Kier molecular flexibility index (Phi) is 6.83. The molecule has 2 aromatic carbocycles. The highest BCUT2D eigenvalue weighted by Crippen LogP contribution is 2.28. The predicted octanol–water partition coefficient (Wildman–Crippen LogP) is 5.76. The second-order valence-electron chi connectivity index (χ2n) is 9.44. The van der Waals surface area contributed by atoms with Gasteiger partial charge in [0.05, 0.1) is 28.3 Å². The summed E-state index contributed by atoms with van der Waals surface area (Å²) < 4.78 is 0. The molecule has 0 radical (unpaired) electrons. The first-order valence-electron chi connectivity index (χ1n) is 12.0. The lowest BCUT2D eigenvalue weighted by Gasteiger charge is -2.16. The van der Waals surface area contributed by atoms with E-state index in [1.165, 1.54) is 17.7 Å². The summed E-state index contributed by atoms with van der Waals surface area (Å²) in [4.78, 5) is 44.2. The lowest BCUT2D eigenvalue weighted by molar-refractivity contribution is 0.102. The lowest BCUT2D eigenvalue weighted by Crippen LogP contribution is -2.17. The van der Waals surface area contributed by atoms with Crippen molar-refractivity contribution in [3.05, 3.63) is 95.0 Å². The van der Waals surface area contributed by atoms with Gasteiger partial charge in [-0.2, -0.15) is 5.26 Å². The molecule has 39 heavy (non-hydrogen) atoms. The first kappa shape index (κ1) is 25.6. The van der Waals surface area contributed by atoms with Crippen molar-refractivity contribution < 1.29 is 9.59 Å². The number of thiophene rings is 1. The van der Waals surface area contributed by atoms with Crippen LogP contribution in [0.4, 0.5) is 11.4 Å². The summed E-state index contributed by atoms with van der Waals surface area (Å²) in [7, 11) is 0. The molecule has 0 bridgehead atoms. The van der Waals surface area contributed by atoms with E-state index in [-0.39, 0.29) is 11.8 Å². The maximum atomic E-state index is 13.1. The maximum absolute atomic E-state index is 13.1. The number of carbonyl (C=O) groups is 2. The Hall–Kier alpha value is -5.01. The van der Waals surface area contributed by atoms with E-state index in [0.717, 1.165) is 16.7 Å². The Labute approximate surface area is 228 Å². The predicted molar refractivity (Wildman–Crippen MR) is 151 cm³/mol. The molecule has 9 nitrogen and oxygen atoms in total. The number of nitrogens with one attached hydrogen (secondary N) is 2. The van der Waals surface area contributed by atoms with Gasteiger partial charge in [0.15, 0.2) is 0 Å². The second kappa shape index (κ2) is 10.4. The van der Waals surface area contributed by atoms with E-state index in [9.17, 15) is 14.9 Å². The zero-order valence-electron chi connectivity index (χ0n) is 21.4. The zero-order chi connectivity index (χ0) is 27.6. The molecule has 3 aromatic heterocycles. The fourth-order valence-corrected chi connectivity index (χ4v) is 4.68. The van der Waals surface area contributed by atoms with Crippen molar-refractivity contribution in [2.45, 2.75) is 26.2 Å². The van der Waals surface area contributed by atoms with Crippen LogP contribution in [0.2, 0.25) is 0 Å². The standard InChI is InChI=1S/C29H23N7O2S/c1-17-7-8-21(34-26(37)18-5-4-6-20(9-18)29(2,3)15-30)10-22(17)36-27(38)25-11-23-28(39-25)33-14-24(35-23)19-12-31-16-32-13-19/h4-14,16H,1-3H3,(H,34,37)(H,36,38). The van der Waals surface area contributed by atoms with Crippen LogP contribution >= 0.6 is 11.3 Å². The third-order valence-electron chi connectivity index (χ3n) is 6.19. The Balaban J connectivity index is 1.33. The minimum absolute atomic E-state index is 0.303. The SMILES string of the molecule is Cc1ccc(NC(=O)c2cccc(C(C)(C)C#N)c2)cc1NC(=O)c1cc2nc(-c3cncnc3)cnc2s1. The third-order valence-corrected chi connectivity index (χ3v) is 7.22. The van der Waals surface area contributed by atoms with E-state index in [2.05, 4.69) is 36.6 Å². The van der Waals surface area contributed by atoms with Gasteiger partial charge in [0.1, 0.15) is 16.7 Å². The number of rotatable bonds is 6. The van der Waals surface area contributed by atoms with Crippen molar-refractivity contribution in [2.75, 3.05) is 10.6 Å². The Morgan fingerprint density at radius 2 is 1.77 bits per heavy atom. The second-order valence-corrected chi connectivity index (χ2v) is 10.5. The Morgan fingerprint density at radius 1 is 0.974 bits per heavy atom. The highest BCUT2D eigenvalue weighted by molar-refractivity contribution is 7.20. The van der Waals surface area contributed by atoms with Gasteiger partial charge in [-0.3, -0.25) is 9.59 Å². The number of carbonyl (C=O) groups excluding carboxylic acids is 2. The highest BCUT2D eigenvalue weighted by Gasteiger charge is 2.21. The number of nitriles is 1. The van der Waals surface area contributed by atoms with E-state index < -0.39 is 5.41 Å². The van der Waals surface area contributed by atoms with Crippen LogP contribution in [0.25, 0.3) is 21.6 Å². The number of aryl methyl sites for hydroxylation is 1. The lowest BCUT2D eigenvalue weighted by atomic mass is 9.85. The number of amides is 2. The molecule has 3 heterocycles. The molecule has 0 spiro atoms. The number of benzene rings is 2. The van der Waals surface area contributed by atoms with E-state index in [0.29, 0.717) is 37.9 Å². The van der Waals surface area contributed by atoms with Crippen molar-refractivity contribution in [2.24, 2.45) is 0 Å². The van der Waals surface area contributed by atoms with E-state index in [1.54, 1.807) is 68.8 Å². The van der Waals surface area contributed by atoms with E-state index in [4.69, 9.17) is 0 Å². The third kappa shape index (κ3) is 5.49. The average Bonchev–Trinajstić information content (AvgIpc) is 3.39. The number of fused-ring (bicyclic) bond motifs is 1. The molecule has 0 saturated heterocycles. The summed E-state index contributed by atoms with van der Waals surface area (Å²) in [5, 5.41) is 15.2. The minimum atomic E-state index is -0.716. The van der Waals surface area contributed by atoms with E-state index >= 15 is 0 Å². The van der Waals surface area contributed by atoms with Crippen LogP contribution in [0.1, 0.15) is 45.0 Å². The van der Waals surface area contributed by atoms with Crippen LogP contribution in [0.3, 0.4) is 0 Å². The Bertz CT molecular complexity index is 1760. The van der Waals surface area contributed by atoms with Gasteiger partial charge < -0.3 is 10.6 Å². The molecule has 5 aromatic rings. The molecule has 2 N–H and O–H groups in total. The van der Waals surface area contributed by atoms with Crippen LogP contribution < -0.4 is 10.6 Å². The number of aromatic nitrogens is 4. The van der Waals surface area contributed by atoms with Gasteiger partial charge in [0.2, 0.25) is 0 Å². The highest BCUT2D eigenvalue weighted by atomic mass is 32.1. The monoisotopic (exact) mass is 533 g/mol. The van der Waals surface area contributed by atoms with Crippen molar-refractivity contribution in [3.63, 3.8) is 0 Å². The summed E-state index contributed by atoms with van der Waals surface area (Å²) >= 11 is 1.24. The molecular formula is C29H23N7O2S. The fourth-order valence-electron chi connectivity index (χ4n) is 3.84. The van der Waals surface area contributed by atoms with Crippen LogP contribution in [0.15, 0.2) is 73.4 Å². The average molecular weight is 534 g/mol. The van der Waals surface area contributed by atoms with Crippen molar-refractivity contribution in [1.29, 1.82) is 5.26 Å². The van der Waals surface area contributed by atoms with Gasteiger partial charge in [-0.25, -0.2) is 19.9 Å². The molecule has 0 saturated carbocycles. The van der Waals surface area contributed by atoms with Gasteiger partial charge in [-0.15, -0.1) is 11.3 Å². The molecule has 192 valence electrons. The molecule has 0 unspecified atom stereocenters. The van der Waals surface area contributed by atoms with Gasteiger partial charge in [-0.1, -0.05) is 18.2 Å². The van der Waals surface area contributed by atoms with Crippen LogP contribution in [-0.4, -0.2) is 31.8 Å². The largest absolute Gasteiger partial charge is 0.322 e. The first-order valence-corrected chi connectivity index (χ1v) is 12.8. The molecule has 10 heteroatoms. The summed E-state index contributed by atoms with van der Waals surface area (Å²) in [6, 6.07) is 16.3. The van der Waals surface area contributed by atoms with Crippen LogP contribution in [0.5, 0.6) is 0 Å². The number of anilines is 2. The quantitative estimate of drug-likeness (QED) is 0.283. The number of hydrogen-bond acceptors (Lipinski definition) is 8. The number of nitrogens with zero attached hydrogens (tertiary/aromatic N) is 5. The zero-order valence-corrected chi connectivity index (χ0v) is 22.2. The van der Waals surface area contributed by atoms with Crippen LogP contribution in [-0.2, 0) is 5.41 Å².